The summed E-state index contributed by atoms with van der Waals surface area (Å²) in [7, 11) is 1.63. The fourth-order valence-electron chi connectivity index (χ4n) is 1.26. The van der Waals surface area contributed by atoms with Crippen LogP contribution in [-0.4, -0.2) is 12.1 Å². The molecule has 2 nitrogen and oxygen atoms in total. The fraction of sp³-hybridized carbons (Fsp3) is 0.100. The standard InChI is InChI=1S/C10H7BrClNO/c1-14-10-4-9-6(3-8(10)11)2-7(12)5-13-9/h2-5H,1H3. The van der Waals surface area contributed by atoms with Gasteiger partial charge >= 0.3 is 0 Å². The van der Waals surface area contributed by atoms with E-state index < -0.39 is 0 Å². The molecule has 0 atom stereocenters. The van der Waals surface area contributed by atoms with Gasteiger partial charge in [-0.2, -0.15) is 0 Å². The topological polar surface area (TPSA) is 22.1 Å². The number of aromatic nitrogens is 1. The number of fused-ring (bicyclic) bond motifs is 1. The molecule has 1 aromatic carbocycles. The molecule has 0 saturated carbocycles. The molecule has 2 rings (SSSR count). The SMILES string of the molecule is COc1cc2ncc(Cl)cc2cc1Br. The molecular weight excluding hydrogens is 265 g/mol. The van der Waals surface area contributed by atoms with E-state index in [-0.39, 0.29) is 0 Å². The zero-order valence-corrected chi connectivity index (χ0v) is 9.76. The molecule has 0 spiro atoms. The number of ether oxygens (including phenoxy) is 1. The number of nitrogens with zero attached hydrogens (tertiary/aromatic N) is 1. The van der Waals surface area contributed by atoms with Crippen molar-refractivity contribution in [3.05, 3.63) is 33.9 Å². The minimum atomic E-state index is 0.634. The van der Waals surface area contributed by atoms with Crippen LogP contribution in [0.3, 0.4) is 0 Å². The van der Waals surface area contributed by atoms with Crippen LogP contribution in [0.1, 0.15) is 0 Å². The quantitative estimate of drug-likeness (QED) is 0.790. The van der Waals surface area contributed by atoms with Gasteiger partial charge in [-0.05, 0) is 28.1 Å². The van der Waals surface area contributed by atoms with E-state index in [9.17, 15) is 0 Å². The average molecular weight is 273 g/mol. The second kappa shape index (κ2) is 3.75. The van der Waals surface area contributed by atoms with Crippen LogP contribution in [0, 0.1) is 0 Å². The molecule has 0 aliphatic rings. The first kappa shape index (κ1) is 9.74. The van der Waals surface area contributed by atoms with Gasteiger partial charge in [0.15, 0.2) is 0 Å². The van der Waals surface area contributed by atoms with E-state index in [1.807, 2.05) is 18.2 Å². The molecule has 0 aliphatic heterocycles. The van der Waals surface area contributed by atoms with Crippen LogP contribution in [-0.2, 0) is 0 Å². The third-order valence-electron chi connectivity index (χ3n) is 1.92. The molecule has 0 bridgehead atoms. The van der Waals surface area contributed by atoms with Crippen LogP contribution in [0.25, 0.3) is 10.9 Å². The molecule has 4 heteroatoms. The van der Waals surface area contributed by atoms with Crippen LogP contribution in [0.15, 0.2) is 28.9 Å². The molecular formula is C10H7BrClNO. The highest BCUT2D eigenvalue weighted by Gasteiger charge is 2.03. The Morgan fingerprint density at radius 3 is 2.86 bits per heavy atom. The minimum absolute atomic E-state index is 0.634. The summed E-state index contributed by atoms with van der Waals surface area (Å²) in [6.07, 6.45) is 1.62. The van der Waals surface area contributed by atoms with Crippen molar-refractivity contribution in [2.24, 2.45) is 0 Å². The molecule has 2 aromatic rings. The Kier molecular flexibility index (Phi) is 2.61. The zero-order valence-electron chi connectivity index (χ0n) is 7.42. The first-order valence-electron chi connectivity index (χ1n) is 3.99. The monoisotopic (exact) mass is 271 g/mol. The van der Waals surface area contributed by atoms with Gasteiger partial charge in [-0.1, -0.05) is 11.6 Å². The number of hydrogen-bond donors (Lipinski definition) is 0. The van der Waals surface area contributed by atoms with E-state index in [0.29, 0.717) is 5.02 Å². The lowest BCUT2D eigenvalue weighted by Gasteiger charge is -2.04. The second-order valence-corrected chi connectivity index (χ2v) is 4.12. The number of halogens is 2. The summed E-state index contributed by atoms with van der Waals surface area (Å²) in [6, 6.07) is 5.68. The average Bonchev–Trinajstić information content (AvgIpc) is 2.16. The molecule has 1 aromatic heterocycles. The number of pyridine rings is 1. The van der Waals surface area contributed by atoms with E-state index >= 15 is 0 Å². The van der Waals surface area contributed by atoms with Crippen LogP contribution in [0.2, 0.25) is 5.02 Å². The minimum Gasteiger partial charge on any atom is -0.495 e. The molecule has 14 heavy (non-hydrogen) atoms. The highest BCUT2D eigenvalue weighted by molar-refractivity contribution is 9.10. The van der Waals surface area contributed by atoms with Crippen molar-refractivity contribution in [1.29, 1.82) is 0 Å². The van der Waals surface area contributed by atoms with Crippen molar-refractivity contribution in [3.8, 4) is 5.75 Å². The summed E-state index contributed by atoms with van der Waals surface area (Å²) in [6.45, 7) is 0. The van der Waals surface area contributed by atoms with Crippen LogP contribution >= 0.6 is 27.5 Å². The second-order valence-electron chi connectivity index (χ2n) is 2.83. The molecule has 72 valence electrons. The van der Waals surface area contributed by atoms with Gasteiger partial charge in [-0.25, -0.2) is 0 Å². The normalized spacial score (nSPS) is 10.5. The lowest BCUT2D eigenvalue weighted by Crippen LogP contribution is -1.86. The Hall–Kier alpha value is -0.800. The fourth-order valence-corrected chi connectivity index (χ4v) is 1.95. The third-order valence-corrected chi connectivity index (χ3v) is 2.75. The maximum atomic E-state index is 5.84. The van der Waals surface area contributed by atoms with Gasteiger partial charge < -0.3 is 4.74 Å². The predicted octanol–water partition coefficient (Wildman–Crippen LogP) is 3.66. The molecule has 0 saturated heterocycles. The van der Waals surface area contributed by atoms with E-state index in [0.717, 1.165) is 21.1 Å². The maximum absolute atomic E-state index is 5.84. The molecule has 0 unspecified atom stereocenters. The molecule has 0 N–H and O–H groups in total. The molecule has 0 aliphatic carbocycles. The van der Waals surface area contributed by atoms with Gasteiger partial charge in [0, 0.05) is 17.6 Å². The first-order chi connectivity index (χ1) is 6.70. The molecule has 1 heterocycles. The lowest BCUT2D eigenvalue weighted by atomic mass is 10.2. The number of methoxy groups -OCH3 is 1. The Balaban J connectivity index is 2.73. The number of benzene rings is 1. The van der Waals surface area contributed by atoms with Crippen molar-refractivity contribution >= 4 is 38.4 Å². The van der Waals surface area contributed by atoms with Crippen LogP contribution in [0.4, 0.5) is 0 Å². The van der Waals surface area contributed by atoms with E-state index in [1.165, 1.54) is 0 Å². The summed E-state index contributed by atoms with van der Waals surface area (Å²) in [5.41, 5.74) is 0.870. The van der Waals surface area contributed by atoms with E-state index in [1.54, 1.807) is 13.3 Å². The number of hydrogen-bond acceptors (Lipinski definition) is 2. The summed E-state index contributed by atoms with van der Waals surface area (Å²) >= 11 is 9.24. The Morgan fingerprint density at radius 2 is 2.14 bits per heavy atom. The van der Waals surface area contributed by atoms with Crippen molar-refractivity contribution < 1.29 is 4.74 Å². The summed E-state index contributed by atoms with van der Waals surface area (Å²) < 4.78 is 6.06. The highest BCUT2D eigenvalue weighted by Crippen LogP contribution is 2.30. The Bertz CT molecular complexity index is 487. The van der Waals surface area contributed by atoms with Crippen molar-refractivity contribution in [3.63, 3.8) is 0 Å². The Morgan fingerprint density at radius 1 is 1.36 bits per heavy atom. The van der Waals surface area contributed by atoms with Crippen LogP contribution < -0.4 is 4.74 Å². The highest BCUT2D eigenvalue weighted by atomic mass is 79.9. The summed E-state index contributed by atoms with van der Waals surface area (Å²) in [5, 5.41) is 1.62. The van der Waals surface area contributed by atoms with Gasteiger partial charge in [0.1, 0.15) is 5.75 Å². The zero-order chi connectivity index (χ0) is 10.1. The molecule has 0 radical (unpaired) electrons. The predicted molar refractivity (Wildman–Crippen MR) is 61.0 cm³/mol. The van der Waals surface area contributed by atoms with Gasteiger partial charge in [0.25, 0.3) is 0 Å². The summed E-state index contributed by atoms with van der Waals surface area (Å²) in [4.78, 5) is 4.20. The Labute approximate surface area is 95.0 Å². The van der Waals surface area contributed by atoms with Crippen molar-refractivity contribution in [2.45, 2.75) is 0 Å². The van der Waals surface area contributed by atoms with E-state index in [4.69, 9.17) is 16.3 Å². The van der Waals surface area contributed by atoms with Crippen molar-refractivity contribution in [1.82, 2.24) is 4.98 Å². The van der Waals surface area contributed by atoms with Gasteiger partial charge in [-0.15, -0.1) is 0 Å². The van der Waals surface area contributed by atoms with Gasteiger partial charge in [-0.3, -0.25) is 4.98 Å². The van der Waals surface area contributed by atoms with Gasteiger partial charge in [0.05, 0.1) is 22.1 Å². The van der Waals surface area contributed by atoms with Gasteiger partial charge in [0.2, 0.25) is 0 Å². The summed E-state index contributed by atoms with van der Waals surface area (Å²) in [5.74, 6) is 0.771. The lowest BCUT2D eigenvalue weighted by molar-refractivity contribution is 0.412. The smallest absolute Gasteiger partial charge is 0.135 e. The largest absolute Gasteiger partial charge is 0.495 e. The van der Waals surface area contributed by atoms with E-state index in [2.05, 4.69) is 20.9 Å². The molecule has 0 amide bonds. The first-order valence-corrected chi connectivity index (χ1v) is 5.16. The van der Waals surface area contributed by atoms with Crippen molar-refractivity contribution in [2.75, 3.05) is 7.11 Å². The maximum Gasteiger partial charge on any atom is 0.135 e. The third kappa shape index (κ3) is 1.70. The number of rotatable bonds is 1. The van der Waals surface area contributed by atoms with Crippen LogP contribution in [0.5, 0.6) is 5.75 Å². The molecule has 0 fully saturated rings.